The van der Waals surface area contributed by atoms with Crippen LogP contribution in [-0.4, -0.2) is 22.9 Å². The van der Waals surface area contributed by atoms with Gasteiger partial charge < -0.3 is 5.32 Å². The van der Waals surface area contributed by atoms with E-state index in [0.717, 1.165) is 49.6 Å². The van der Waals surface area contributed by atoms with E-state index in [4.69, 9.17) is 11.6 Å². The van der Waals surface area contributed by atoms with Crippen molar-refractivity contribution in [2.45, 2.75) is 67.3 Å². The summed E-state index contributed by atoms with van der Waals surface area (Å²) in [5.41, 5.74) is 2.45. The van der Waals surface area contributed by atoms with Crippen LogP contribution in [0.1, 0.15) is 59.4 Å². The molecule has 1 unspecified atom stereocenters. The molecule has 0 amide bonds. The Morgan fingerprint density at radius 3 is 2.43 bits per heavy atom. The zero-order valence-electron chi connectivity index (χ0n) is 14.6. The molecule has 1 aromatic rings. The molecule has 0 radical (unpaired) electrons. The zero-order valence-corrected chi connectivity index (χ0v) is 15.3. The van der Waals surface area contributed by atoms with Crippen molar-refractivity contribution >= 4 is 11.6 Å². The molecule has 0 aromatic carbocycles. The van der Waals surface area contributed by atoms with E-state index in [1.165, 1.54) is 5.69 Å². The van der Waals surface area contributed by atoms with E-state index < -0.39 is 0 Å². The van der Waals surface area contributed by atoms with Crippen LogP contribution in [0.3, 0.4) is 0 Å². The smallest absolute Gasteiger partial charge is 0.0850 e. The molecule has 21 heavy (non-hydrogen) atoms. The SMILES string of the molecule is CCc1nn(CC)c(CC(C)(CC)CNCC(C)C)c1Cl. The molecule has 0 bridgehead atoms. The lowest BCUT2D eigenvalue weighted by Gasteiger charge is -2.29. The van der Waals surface area contributed by atoms with Gasteiger partial charge in [-0.15, -0.1) is 0 Å². The van der Waals surface area contributed by atoms with Crippen molar-refractivity contribution in [1.29, 1.82) is 0 Å². The second-order valence-electron chi connectivity index (χ2n) is 6.74. The third-order valence-electron chi connectivity index (χ3n) is 4.25. The lowest BCUT2D eigenvalue weighted by atomic mass is 9.82. The van der Waals surface area contributed by atoms with Crippen LogP contribution < -0.4 is 5.32 Å². The van der Waals surface area contributed by atoms with Crippen LogP contribution in [-0.2, 0) is 19.4 Å². The van der Waals surface area contributed by atoms with Gasteiger partial charge in [-0.25, -0.2) is 0 Å². The largest absolute Gasteiger partial charge is 0.316 e. The molecule has 1 heterocycles. The molecule has 0 saturated heterocycles. The molecular weight excluding hydrogens is 282 g/mol. The third kappa shape index (κ3) is 5.00. The van der Waals surface area contributed by atoms with E-state index in [9.17, 15) is 0 Å². The Bertz CT molecular complexity index is 439. The number of nitrogens with zero attached hydrogens (tertiary/aromatic N) is 2. The summed E-state index contributed by atoms with van der Waals surface area (Å²) in [5, 5.41) is 9.12. The van der Waals surface area contributed by atoms with E-state index >= 15 is 0 Å². The summed E-state index contributed by atoms with van der Waals surface area (Å²) < 4.78 is 2.08. The highest BCUT2D eigenvalue weighted by atomic mass is 35.5. The van der Waals surface area contributed by atoms with Gasteiger partial charge in [0.15, 0.2) is 0 Å². The highest BCUT2D eigenvalue weighted by molar-refractivity contribution is 6.31. The Morgan fingerprint density at radius 1 is 1.29 bits per heavy atom. The van der Waals surface area contributed by atoms with Gasteiger partial charge in [-0.05, 0) is 44.1 Å². The molecule has 1 atom stereocenters. The summed E-state index contributed by atoms with van der Waals surface area (Å²) in [7, 11) is 0. The molecule has 0 saturated carbocycles. The van der Waals surface area contributed by atoms with Gasteiger partial charge in [-0.2, -0.15) is 5.10 Å². The fourth-order valence-electron chi connectivity index (χ4n) is 2.57. The molecule has 0 aliphatic carbocycles. The number of aromatic nitrogens is 2. The lowest BCUT2D eigenvalue weighted by molar-refractivity contribution is 0.278. The fraction of sp³-hybridized carbons (Fsp3) is 0.824. The minimum absolute atomic E-state index is 0.219. The number of halogens is 1. The minimum Gasteiger partial charge on any atom is -0.316 e. The monoisotopic (exact) mass is 313 g/mol. The molecule has 1 N–H and O–H groups in total. The number of aryl methyl sites for hydroxylation is 2. The van der Waals surface area contributed by atoms with E-state index in [1.807, 2.05) is 0 Å². The fourth-order valence-corrected chi connectivity index (χ4v) is 2.90. The summed E-state index contributed by atoms with van der Waals surface area (Å²) in [6, 6.07) is 0. The molecule has 0 spiro atoms. The van der Waals surface area contributed by atoms with Crippen LogP contribution in [0.2, 0.25) is 5.02 Å². The summed E-state index contributed by atoms with van der Waals surface area (Å²) >= 11 is 6.55. The lowest BCUT2D eigenvalue weighted by Crippen LogP contribution is -2.35. The van der Waals surface area contributed by atoms with Crippen molar-refractivity contribution in [3.63, 3.8) is 0 Å². The first-order valence-corrected chi connectivity index (χ1v) is 8.69. The molecule has 122 valence electrons. The summed E-state index contributed by atoms with van der Waals surface area (Å²) in [6.07, 6.45) is 3.01. The Kier molecular flexibility index (Phi) is 7.22. The quantitative estimate of drug-likeness (QED) is 0.735. The topological polar surface area (TPSA) is 29.9 Å². The Balaban J connectivity index is 2.87. The number of hydrogen-bond acceptors (Lipinski definition) is 2. The highest BCUT2D eigenvalue weighted by Crippen LogP contribution is 2.31. The van der Waals surface area contributed by atoms with Gasteiger partial charge in [0.1, 0.15) is 0 Å². The number of hydrogen-bond donors (Lipinski definition) is 1. The van der Waals surface area contributed by atoms with E-state index in [-0.39, 0.29) is 5.41 Å². The van der Waals surface area contributed by atoms with Crippen LogP contribution in [0.4, 0.5) is 0 Å². The standard InChI is InChI=1S/C17H32ClN3/c1-7-14-16(18)15(21(9-3)20-14)10-17(6,8-2)12-19-11-13(4)5/h13,19H,7-12H2,1-6H3. The van der Waals surface area contributed by atoms with Crippen molar-refractivity contribution in [2.75, 3.05) is 13.1 Å². The first kappa shape index (κ1) is 18.5. The van der Waals surface area contributed by atoms with Crippen molar-refractivity contribution in [2.24, 2.45) is 11.3 Å². The maximum atomic E-state index is 6.55. The molecule has 0 aliphatic heterocycles. The predicted octanol–water partition coefficient (Wildman–Crippen LogP) is 4.32. The van der Waals surface area contributed by atoms with Crippen LogP contribution in [0.15, 0.2) is 0 Å². The number of nitrogens with one attached hydrogen (secondary N) is 1. The Hall–Kier alpha value is -0.540. The van der Waals surface area contributed by atoms with Crippen molar-refractivity contribution in [1.82, 2.24) is 15.1 Å². The van der Waals surface area contributed by atoms with Crippen LogP contribution >= 0.6 is 11.6 Å². The van der Waals surface area contributed by atoms with Gasteiger partial charge in [0.2, 0.25) is 0 Å². The Morgan fingerprint density at radius 2 is 1.95 bits per heavy atom. The van der Waals surface area contributed by atoms with Gasteiger partial charge in [0.25, 0.3) is 0 Å². The molecule has 0 aliphatic rings. The molecule has 1 rings (SSSR count). The Labute approximate surface area is 135 Å². The molecule has 1 aromatic heterocycles. The van der Waals surface area contributed by atoms with E-state index in [1.54, 1.807) is 0 Å². The average molecular weight is 314 g/mol. The van der Waals surface area contributed by atoms with E-state index in [2.05, 4.69) is 56.6 Å². The summed E-state index contributed by atoms with van der Waals surface area (Å²) in [6.45, 7) is 16.3. The van der Waals surface area contributed by atoms with E-state index in [0.29, 0.717) is 5.92 Å². The van der Waals surface area contributed by atoms with Crippen LogP contribution in [0.5, 0.6) is 0 Å². The van der Waals surface area contributed by atoms with Gasteiger partial charge in [-0.1, -0.05) is 46.2 Å². The van der Waals surface area contributed by atoms with Gasteiger partial charge in [0.05, 0.1) is 16.4 Å². The first-order valence-electron chi connectivity index (χ1n) is 8.31. The minimum atomic E-state index is 0.219. The molecule has 3 nitrogen and oxygen atoms in total. The first-order chi connectivity index (χ1) is 9.86. The second kappa shape index (κ2) is 8.19. The van der Waals surface area contributed by atoms with Gasteiger partial charge in [-0.3, -0.25) is 4.68 Å². The van der Waals surface area contributed by atoms with Crippen molar-refractivity contribution < 1.29 is 0 Å². The average Bonchev–Trinajstić information content (AvgIpc) is 2.74. The maximum absolute atomic E-state index is 6.55. The highest BCUT2D eigenvalue weighted by Gasteiger charge is 2.27. The second-order valence-corrected chi connectivity index (χ2v) is 7.12. The van der Waals surface area contributed by atoms with Gasteiger partial charge in [0, 0.05) is 13.1 Å². The van der Waals surface area contributed by atoms with Crippen molar-refractivity contribution in [3.05, 3.63) is 16.4 Å². The molecular formula is C17H32ClN3. The van der Waals surface area contributed by atoms with Crippen LogP contribution in [0, 0.1) is 11.3 Å². The van der Waals surface area contributed by atoms with Crippen LogP contribution in [0.25, 0.3) is 0 Å². The number of rotatable bonds is 9. The maximum Gasteiger partial charge on any atom is 0.0850 e. The predicted molar refractivity (Wildman–Crippen MR) is 92.1 cm³/mol. The third-order valence-corrected chi connectivity index (χ3v) is 4.68. The van der Waals surface area contributed by atoms with Gasteiger partial charge >= 0.3 is 0 Å². The summed E-state index contributed by atoms with van der Waals surface area (Å²) in [5.74, 6) is 0.683. The zero-order chi connectivity index (χ0) is 16.0. The summed E-state index contributed by atoms with van der Waals surface area (Å²) in [4.78, 5) is 0. The van der Waals surface area contributed by atoms with Crippen molar-refractivity contribution in [3.8, 4) is 0 Å². The molecule has 4 heteroatoms. The normalized spacial score (nSPS) is 14.7. The molecule has 0 fully saturated rings.